The molecule has 0 aliphatic carbocycles. The van der Waals surface area contributed by atoms with Gasteiger partial charge in [0.2, 0.25) is 6.41 Å². The first-order valence-corrected chi connectivity index (χ1v) is 8.20. The molecule has 0 N–H and O–H groups in total. The molecule has 24 heavy (non-hydrogen) atoms. The Bertz CT molecular complexity index is 725. The summed E-state index contributed by atoms with van der Waals surface area (Å²) in [5, 5.41) is 0. The molecule has 0 bridgehead atoms. The highest BCUT2D eigenvalue weighted by molar-refractivity contribution is 7.78. The molecule has 1 amide bonds. The number of amides is 1. The lowest BCUT2D eigenvalue weighted by Crippen LogP contribution is -2.10. The Morgan fingerprint density at radius 1 is 1.46 bits per heavy atom. The van der Waals surface area contributed by atoms with Crippen molar-refractivity contribution in [1.29, 1.82) is 0 Å². The summed E-state index contributed by atoms with van der Waals surface area (Å²) in [5.74, 6) is 0.802. The number of carbonyl (C=O) groups excluding carboxylic acids is 1. The van der Waals surface area contributed by atoms with Crippen molar-refractivity contribution < 1.29 is 9.53 Å². The zero-order chi connectivity index (χ0) is 17.5. The predicted octanol–water partition coefficient (Wildman–Crippen LogP) is 3.68. The van der Waals surface area contributed by atoms with Crippen LogP contribution in [0.15, 0.2) is 36.3 Å². The average molecular weight is 345 g/mol. The third kappa shape index (κ3) is 4.89. The van der Waals surface area contributed by atoms with Crippen molar-refractivity contribution in [2.45, 2.75) is 26.7 Å². The van der Waals surface area contributed by atoms with Crippen LogP contribution in [0.25, 0.3) is 11.8 Å². The van der Waals surface area contributed by atoms with E-state index in [1.807, 2.05) is 29.8 Å². The molecule has 0 saturated carbocycles. The highest BCUT2D eigenvalue weighted by Gasteiger charge is 2.07. The number of hydrogen-bond acceptors (Lipinski definition) is 4. The number of aryl methyl sites for hydroxylation is 1. The smallest absolute Gasteiger partial charge is 0.219 e. The van der Waals surface area contributed by atoms with E-state index in [9.17, 15) is 4.79 Å². The van der Waals surface area contributed by atoms with Crippen LogP contribution in [-0.4, -0.2) is 33.9 Å². The number of thiol groups is 1. The first kappa shape index (κ1) is 18.1. The fraction of sp³-hybridized carbons (Fsp3) is 0.333. The molecule has 0 saturated heterocycles. The van der Waals surface area contributed by atoms with Gasteiger partial charge in [-0.3, -0.25) is 9.10 Å². The molecule has 2 rings (SSSR count). The van der Waals surface area contributed by atoms with Gasteiger partial charge in [0, 0.05) is 12.7 Å². The number of ether oxygens (including phenoxy) is 1. The highest BCUT2D eigenvalue weighted by Crippen LogP contribution is 2.26. The zero-order valence-corrected chi connectivity index (χ0v) is 15.2. The van der Waals surface area contributed by atoms with E-state index in [0.717, 1.165) is 41.9 Å². The van der Waals surface area contributed by atoms with E-state index in [2.05, 4.69) is 36.9 Å². The Balaban J connectivity index is 2.11. The molecular weight excluding hydrogens is 322 g/mol. The second-order valence-corrected chi connectivity index (χ2v) is 6.23. The Kier molecular flexibility index (Phi) is 6.49. The largest absolute Gasteiger partial charge is 0.495 e. The summed E-state index contributed by atoms with van der Waals surface area (Å²) < 4.78 is 8.84. The summed E-state index contributed by atoms with van der Waals surface area (Å²) in [6.45, 7) is 4.68. The first-order valence-electron chi connectivity index (χ1n) is 7.80. The Morgan fingerprint density at radius 3 is 2.88 bits per heavy atom. The van der Waals surface area contributed by atoms with E-state index in [0.29, 0.717) is 6.54 Å². The van der Waals surface area contributed by atoms with Crippen molar-refractivity contribution in [1.82, 2.24) is 13.9 Å². The molecule has 0 aliphatic heterocycles. The molecule has 0 unspecified atom stereocenters. The maximum absolute atomic E-state index is 10.5. The number of benzene rings is 1. The van der Waals surface area contributed by atoms with Gasteiger partial charge in [0.25, 0.3) is 0 Å². The number of methoxy groups -OCH3 is 1. The van der Waals surface area contributed by atoms with Crippen molar-refractivity contribution in [3.05, 3.63) is 47.6 Å². The monoisotopic (exact) mass is 345 g/mol. The lowest BCUT2D eigenvalue weighted by Gasteiger charge is -2.11. The van der Waals surface area contributed by atoms with E-state index in [4.69, 9.17) is 4.74 Å². The number of rotatable bonds is 8. The Hall–Kier alpha value is -2.21. The van der Waals surface area contributed by atoms with Crippen LogP contribution in [0, 0.1) is 6.92 Å². The minimum atomic E-state index is 0.639. The minimum absolute atomic E-state index is 0.639. The van der Waals surface area contributed by atoms with Gasteiger partial charge in [0.1, 0.15) is 5.75 Å². The van der Waals surface area contributed by atoms with Crippen LogP contribution in [0.2, 0.25) is 0 Å². The second kappa shape index (κ2) is 8.59. The Labute approximate surface area is 148 Å². The summed E-state index contributed by atoms with van der Waals surface area (Å²) in [4.78, 5) is 14.8. The van der Waals surface area contributed by atoms with E-state index in [1.54, 1.807) is 13.4 Å². The SMILES string of the molecule is COc1cc(/C=C(/C)CCCN(S)C=O)ccc1-n1cnc(C)c1. The fourth-order valence-corrected chi connectivity index (χ4v) is 2.62. The summed E-state index contributed by atoms with van der Waals surface area (Å²) in [6, 6.07) is 6.11. The van der Waals surface area contributed by atoms with Gasteiger partial charge in [-0.15, -0.1) is 0 Å². The zero-order valence-electron chi connectivity index (χ0n) is 14.3. The van der Waals surface area contributed by atoms with E-state index in [1.165, 1.54) is 9.88 Å². The molecule has 5 nitrogen and oxygen atoms in total. The lowest BCUT2D eigenvalue weighted by molar-refractivity contribution is -0.113. The third-order valence-corrected chi connectivity index (χ3v) is 3.98. The van der Waals surface area contributed by atoms with E-state index < -0.39 is 0 Å². The normalized spacial score (nSPS) is 11.4. The summed E-state index contributed by atoms with van der Waals surface area (Å²) >= 11 is 4.03. The quantitative estimate of drug-likeness (QED) is 0.586. The molecule has 6 heteroatoms. The van der Waals surface area contributed by atoms with E-state index in [-0.39, 0.29) is 0 Å². The number of imidazole rings is 1. The standard InChI is InChI=1S/C18H23N3O2S/c1-14(5-4-8-21(24)13-22)9-16-6-7-17(18(10-16)23-3)20-11-15(2)19-12-20/h6-7,9-13,24H,4-5,8H2,1-3H3/b14-9-. The van der Waals surface area contributed by atoms with Crippen LogP contribution < -0.4 is 4.74 Å². The number of nitrogens with zero attached hydrogens (tertiary/aromatic N) is 3. The van der Waals surface area contributed by atoms with Crippen molar-refractivity contribution >= 4 is 25.3 Å². The van der Waals surface area contributed by atoms with Crippen molar-refractivity contribution in [3.63, 3.8) is 0 Å². The van der Waals surface area contributed by atoms with Crippen molar-refractivity contribution in [2.24, 2.45) is 0 Å². The number of carbonyl (C=O) groups is 1. The van der Waals surface area contributed by atoms with Gasteiger partial charge in [-0.05, 0) is 44.4 Å². The summed E-state index contributed by atoms with van der Waals surface area (Å²) in [5.41, 5.74) is 4.26. The van der Waals surface area contributed by atoms with Crippen molar-refractivity contribution in [2.75, 3.05) is 13.7 Å². The van der Waals surface area contributed by atoms with E-state index >= 15 is 0 Å². The molecule has 1 aromatic carbocycles. The maximum Gasteiger partial charge on any atom is 0.219 e. The molecule has 2 aromatic rings. The van der Waals surface area contributed by atoms with Crippen LogP contribution in [0.3, 0.4) is 0 Å². The molecule has 1 aromatic heterocycles. The molecule has 0 fully saturated rings. The molecule has 0 atom stereocenters. The van der Waals surface area contributed by atoms with Gasteiger partial charge >= 0.3 is 0 Å². The molecule has 0 aliphatic rings. The van der Waals surface area contributed by atoms with Crippen molar-refractivity contribution in [3.8, 4) is 11.4 Å². The Morgan fingerprint density at radius 2 is 2.25 bits per heavy atom. The van der Waals surface area contributed by atoms with Crippen LogP contribution >= 0.6 is 12.8 Å². The predicted molar refractivity (Wildman–Crippen MR) is 99.5 cm³/mol. The van der Waals surface area contributed by atoms with Gasteiger partial charge in [-0.1, -0.05) is 30.5 Å². The lowest BCUT2D eigenvalue weighted by atomic mass is 10.1. The molecule has 1 heterocycles. The van der Waals surface area contributed by atoms with Gasteiger partial charge in [0.05, 0.1) is 24.8 Å². The number of hydrogen-bond donors (Lipinski definition) is 1. The van der Waals surface area contributed by atoms with Gasteiger partial charge < -0.3 is 9.30 Å². The second-order valence-electron chi connectivity index (χ2n) is 5.72. The average Bonchev–Trinajstić information content (AvgIpc) is 3.00. The van der Waals surface area contributed by atoms with Gasteiger partial charge in [-0.2, -0.15) is 0 Å². The molecule has 0 spiro atoms. The van der Waals surface area contributed by atoms with Gasteiger partial charge in [0.15, 0.2) is 0 Å². The van der Waals surface area contributed by atoms with Crippen LogP contribution in [0.1, 0.15) is 31.0 Å². The van der Waals surface area contributed by atoms with Crippen LogP contribution in [0.5, 0.6) is 5.75 Å². The molecule has 0 radical (unpaired) electrons. The fourth-order valence-electron chi connectivity index (χ4n) is 2.48. The highest BCUT2D eigenvalue weighted by atomic mass is 32.1. The maximum atomic E-state index is 10.5. The number of aromatic nitrogens is 2. The van der Waals surface area contributed by atoms with Crippen LogP contribution in [-0.2, 0) is 4.79 Å². The number of allylic oxidation sites excluding steroid dienone is 1. The first-order chi connectivity index (χ1) is 11.5. The molecule has 128 valence electrons. The topological polar surface area (TPSA) is 47.4 Å². The van der Waals surface area contributed by atoms with Gasteiger partial charge in [-0.25, -0.2) is 4.98 Å². The molecular formula is C18H23N3O2S. The summed E-state index contributed by atoms with van der Waals surface area (Å²) in [6.07, 6.45) is 8.40. The summed E-state index contributed by atoms with van der Waals surface area (Å²) in [7, 11) is 1.67. The third-order valence-electron chi connectivity index (χ3n) is 3.69. The van der Waals surface area contributed by atoms with Crippen LogP contribution in [0.4, 0.5) is 0 Å². The minimum Gasteiger partial charge on any atom is -0.495 e.